The van der Waals surface area contributed by atoms with Gasteiger partial charge < -0.3 is 5.11 Å². The Morgan fingerprint density at radius 2 is 2.18 bits per heavy atom. The summed E-state index contributed by atoms with van der Waals surface area (Å²) in [5.74, 6) is -0.386. The average Bonchev–Trinajstić information content (AvgIpc) is 2.34. The highest BCUT2D eigenvalue weighted by molar-refractivity contribution is 7.99. The fourth-order valence-corrected chi connectivity index (χ4v) is 2.29. The first kappa shape index (κ1) is 12.4. The fraction of sp³-hybridized carbons (Fsp3) is 0.0833. The van der Waals surface area contributed by atoms with Crippen molar-refractivity contribution in [1.82, 2.24) is 4.98 Å². The number of hydrogen-bond acceptors (Lipinski definition) is 3. The molecule has 0 atom stereocenters. The molecule has 1 aromatic heterocycles. The quantitative estimate of drug-likeness (QED) is 0.926. The van der Waals surface area contributed by atoms with Crippen molar-refractivity contribution < 1.29 is 9.50 Å². The van der Waals surface area contributed by atoms with Gasteiger partial charge in [-0.2, -0.15) is 0 Å². The summed E-state index contributed by atoms with van der Waals surface area (Å²) in [6.45, 7) is -0.174. The second-order valence-corrected chi connectivity index (χ2v) is 4.75. The maximum absolute atomic E-state index is 13.7. The van der Waals surface area contributed by atoms with E-state index in [0.717, 1.165) is 11.8 Å². The van der Waals surface area contributed by atoms with Gasteiger partial charge in [0, 0.05) is 11.1 Å². The molecular formula is C12H9ClFNOS. The van der Waals surface area contributed by atoms with E-state index in [2.05, 4.69) is 4.98 Å². The zero-order chi connectivity index (χ0) is 12.3. The van der Waals surface area contributed by atoms with Gasteiger partial charge in [-0.3, -0.25) is 0 Å². The van der Waals surface area contributed by atoms with Crippen LogP contribution in [0.25, 0.3) is 0 Å². The molecule has 0 saturated carbocycles. The second-order valence-electron chi connectivity index (χ2n) is 3.32. The number of hydrogen-bond donors (Lipinski definition) is 1. The summed E-state index contributed by atoms with van der Waals surface area (Å²) >= 11 is 7.10. The van der Waals surface area contributed by atoms with Gasteiger partial charge in [-0.05, 0) is 29.8 Å². The molecular weight excluding hydrogens is 261 g/mol. The van der Waals surface area contributed by atoms with Crippen molar-refractivity contribution in [2.75, 3.05) is 0 Å². The summed E-state index contributed by atoms with van der Waals surface area (Å²) in [5, 5.41) is 9.93. The van der Waals surface area contributed by atoms with E-state index in [9.17, 15) is 4.39 Å². The smallest absolute Gasteiger partial charge is 0.137 e. The van der Waals surface area contributed by atoms with Crippen LogP contribution in [0.1, 0.15) is 5.56 Å². The van der Waals surface area contributed by atoms with Crippen molar-refractivity contribution in [3.8, 4) is 0 Å². The summed E-state index contributed by atoms with van der Waals surface area (Å²) < 4.78 is 13.7. The molecule has 1 aromatic carbocycles. The van der Waals surface area contributed by atoms with E-state index in [0.29, 0.717) is 20.5 Å². The standard InChI is InChI=1S/C12H9ClFNOS/c13-9-2-1-5-15-12(9)17-11-4-3-8(7-16)6-10(11)14/h1-6,16H,7H2. The number of aromatic nitrogens is 1. The topological polar surface area (TPSA) is 33.1 Å². The largest absolute Gasteiger partial charge is 0.392 e. The van der Waals surface area contributed by atoms with E-state index in [4.69, 9.17) is 16.7 Å². The highest BCUT2D eigenvalue weighted by atomic mass is 35.5. The lowest BCUT2D eigenvalue weighted by atomic mass is 10.2. The first-order chi connectivity index (χ1) is 8.20. The Bertz CT molecular complexity index is 536. The molecule has 0 radical (unpaired) electrons. The van der Waals surface area contributed by atoms with Crippen LogP contribution in [0.4, 0.5) is 4.39 Å². The number of aliphatic hydroxyl groups is 1. The Morgan fingerprint density at radius 3 is 2.82 bits per heavy atom. The van der Waals surface area contributed by atoms with Crippen LogP contribution in [0.15, 0.2) is 46.5 Å². The average molecular weight is 270 g/mol. The van der Waals surface area contributed by atoms with Gasteiger partial charge in [-0.25, -0.2) is 9.37 Å². The van der Waals surface area contributed by atoms with Gasteiger partial charge in [0.25, 0.3) is 0 Å². The molecule has 0 aliphatic carbocycles. The number of pyridine rings is 1. The summed E-state index contributed by atoms with van der Waals surface area (Å²) in [6, 6.07) is 8.01. The maximum Gasteiger partial charge on any atom is 0.137 e. The van der Waals surface area contributed by atoms with Crippen molar-refractivity contribution in [1.29, 1.82) is 0 Å². The van der Waals surface area contributed by atoms with Crippen LogP contribution in [0.5, 0.6) is 0 Å². The van der Waals surface area contributed by atoms with E-state index in [1.165, 1.54) is 6.07 Å². The Morgan fingerprint density at radius 1 is 1.35 bits per heavy atom. The third kappa shape index (κ3) is 2.97. The van der Waals surface area contributed by atoms with Crippen molar-refractivity contribution >= 4 is 23.4 Å². The van der Waals surface area contributed by atoms with E-state index < -0.39 is 0 Å². The third-order valence-electron chi connectivity index (χ3n) is 2.11. The lowest BCUT2D eigenvalue weighted by molar-refractivity contribution is 0.281. The normalized spacial score (nSPS) is 10.5. The van der Waals surface area contributed by atoms with Gasteiger partial charge in [0.1, 0.15) is 10.8 Å². The molecule has 88 valence electrons. The Kier molecular flexibility index (Phi) is 3.99. The molecule has 1 heterocycles. The van der Waals surface area contributed by atoms with Crippen molar-refractivity contribution in [3.05, 3.63) is 52.9 Å². The minimum atomic E-state index is -0.386. The van der Waals surface area contributed by atoms with Crippen LogP contribution in [0.2, 0.25) is 5.02 Å². The van der Waals surface area contributed by atoms with E-state index in [1.807, 2.05) is 0 Å². The van der Waals surface area contributed by atoms with Crippen LogP contribution in [-0.4, -0.2) is 10.1 Å². The molecule has 2 rings (SSSR count). The van der Waals surface area contributed by atoms with E-state index in [1.54, 1.807) is 30.5 Å². The molecule has 2 aromatic rings. The van der Waals surface area contributed by atoms with E-state index in [-0.39, 0.29) is 12.4 Å². The molecule has 17 heavy (non-hydrogen) atoms. The van der Waals surface area contributed by atoms with Crippen molar-refractivity contribution in [2.24, 2.45) is 0 Å². The summed E-state index contributed by atoms with van der Waals surface area (Å²) in [4.78, 5) is 4.51. The number of rotatable bonds is 3. The minimum absolute atomic E-state index is 0.174. The molecule has 0 amide bonds. The summed E-state index contributed by atoms with van der Waals surface area (Å²) in [7, 11) is 0. The van der Waals surface area contributed by atoms with Gasteiger partial charge in [0.05, 0.1) is 11.6 Å². The molecule has 0 unspecified atom stereocenters. The molecule has 0 aliphatic heterocycles. The van der Waals surface area contributed by atoms with Gasteiger partial charge in [-0.15, -0.1) is 0 Å². The molecule has 1 N–H and O–H groups in total. The van der Waals surface area contributed by atoms with Gasteiger partial charge in [0.15, 0.2) is 0 Å². The monoisotopic (exact) mass is 269 g/mol. The lowest BCUT2D eigenvalue weighted by Crippen LogP contribution is -1.88. The minimum Gasteiger partial charge on any atom is -0.392 e. The number of aliphatic hydroxyl groups excluding tert-OH is 1. The lowest BCUT2D eigenvalue weighted by Gasteiger charge is -2.05. The highest BCUT2D eigenvalue weighted by Crippen LogP contribution is 2.32. The zero-order valence-corrected chi connectivity index (χ0v) is 10.3. The number of halogens is 2. The van der Waals surface area contributed by atoms with Crippen LogP contribution < -0.4 is 0 Å². The van der Waals surface area contributed by atoms with Crippen molar-refractivity contribution in [3.63, 3.8) is 0 Å². The predicted octanol–water partition coefficient (Wildman–Crippen LogP) is 3.52. The Hall–Kier alpha value is -1.10. The van der Waals surface area contributed by atoms with Gasteiger partial charge >= 0.3 is 0 Å². The molecule has 0 aliphatic rings. The molecule has 5 heteroatoms. The van der Waals surface area contributed by atoms with Gasteiger partial charge in [-0.1, -0.05) is 29.4 Å². The van der Waals surface area contributed by atoms with Crippen LogP contribution in [-0.2, 0) is 6.61 Å². The third-order valence-corrected chi connectivity index (χ3v) is 3.60. The predicted molar refractivity (Wildman–Crippen MR) is 65.7 cm³/mol. The maximum atomic E-state index is 13.7. The van der Waals surface area contributed by atoms with Crippen LogP contribution in [0, 0.1) is 5.82 Å². The molecule has 2 nitrogen and oxygen atoms in total. The Labute approximate surface area is 107 Å². The molecule has 0 saturated heterocycles. The first-order valence-electron chi connectivity index (χ1n) is 4.88. The Balaban J connectivity index is 2.28. The van der Waals surface area contributed by atoms with Crippen LogP contribution >= 0.6 is 23.4 Å². The highest BCUT2D eigenvalue weighted by Gasteiger charge is 2.08. The van der Waals surface area contributed by atoms with E-state index >= 15 is 0 Å². The second kappa shape index (κ2) is 5.49. The number of nitrogens with zero attached hydrogens (tertiary/aromatic N) is 1. The first-order valence-corrected chi connectivity index (χ1v) is 6.08. The summed E-state index contributed by atoms with van der Waals surface area (Å²) in [6.07, 6.45) is 1.61. The van der Waals surface area contributed by atoms with Gasteiger partial charge in [0.2, 0.25) is 0 Å². The zero-order valence-electron chi connectivity index (χ0n) is 8.73. The SMILES string of the molecule is OCc1ccc(Sc2ncccc2Cl)c(F)c1. The van der Waals surface area contributed by atoms with Crippen molar-refractivity contribution in [2.45, 2.75) is 16.5 Å². The molecule has 0 bridgehead atoms. The van der Waals surface area contributed by atoms with Crippen LogP contribution in [0.3, 0.4) is 0 Å². The number of benzene rings is 1. The molecule has 0 fully saturated rings. The molecule has 0 spiro atoms. The fourth-order valence-electron chi connectivity index (χ4n) is 1.28. The summed E-state index contributed by atoms with van der Waals surface area (Å²) in [5.41, 5.74) is 0.541.